The van der Waals surface area contributed by atoms with E-state index >= 15 is 0 Å². The second kappa shape index (κ2) is 6.63. The van der Waals surface area contributed by atoms with Crippen molar-refractivity contribution in [3.8, 4) is 0 Å². The Bertz CT molecular complexity index is 471. The lowest BCUT2D eigenvalue weighted by atomic mass is 9.98. The molecule has 1 aliphatic heterocycles. The predicted molar refractivity (Wildman–Crippen MR) is 90.4 cm³/mol. The largest absolute Gasteiger partial charge is 0.347 e. The van der Waals surface area contributed by atoms with Crippen LogP contribution in [0.4, 0.5) is 5.13 Å². The molecule has 0 spiro atoms. The van der Waals surface area contributed by atoms with Crippen LogP contribution in [0.3, 0.4) is 0 Å². The van der Waals surface area contributed by atoms with Gasteiger partial charge in [-0.1, -0.05) is 18.3 Å². The van der Waals surface area contributed by atoms with Crippen LogP contribution in [0.5, 0.6) is 0 Å². The summed E-state index contributed by atoms with van der Waals surface area (Å²) in [4.78, 5) is 11.4. The predicted octanol–water partition coefficient (Wildman–Crippen LogP) is 2.66. The van der Waals surface area contributed by atoms with E-state index in [1.54, 1.807) is 0 Å². The third-order valence-electron chi connectivity index (χ3n) is 4.79. The summed E-state index contributed by atoms with van der Waals surface area (Å²) < 4.78 is 0. The lowest BCUT2D eigenvalue weighted by Crippen LogP contribution is -2.45. The number of piperidine rings is 1. The molecular weight excluding hydrogens is 280 g/mol. The number of nitrogens with zero attached hydrogens (tertiary/aromatic N) is 3. The average molecular weight is 308 g/mol. The van der Waals surface area contributed by atoms with Gasteiger partial charge >= 0.3 is 0 Å². The summed E-state index contributed by atoms with van der Waals surface area (Å²) in [5.74, 6) is 0. The second-order valence-corrected chi connectivity index (χ2v) is 7.52. The Labute approximate surface area is 132 Å². The highest BCUT2D eigenvalue weighted by atomic mass is 32.1. The van der Waals surface area contributed by atoms with Crippen molar-refractivity contribution in [3.05, 3.63) is 10.6 Å². The smallest absolute Gasteiger partial charge is 0.185 e. The van der Waals surface area contributed by atoms with E-state index in [4.69, 9.17) is 4.98 Å². The lowest BCUT2D eigenvalue weighted by Gasteiger charge is -2.36. The highest BCUT2D eigenvalue weighted by Gasteiger charge is 2.28. The number of thiazole rings is 1. The maximum absolute atomic E-state index is 4.99. The minimum atomic E-state index is 0.541. The molecule has 0 saturated carbocycles. The second-order valence-electron chi connectivity index (χ2n) is 6.52. The number of likely N-dealkylation sites (N-methyl/N-ethyl adjacent to an activating group) is 1. The van der Waals surface area contributed by atoms with Crippen molar-refractivity contribution in [2.24, 2.45) is 0 Å². The van der Waals surface area contributed by atoms with Gasteiger partial charge in [0.25, 0.3) is 0 Å². The number of aryl methyl sites for hydroxylation is 1. The molecule has 2 aliphatic rings. The molecule has 0 radical (unpaired) electrons. The minimum absolute atomic E-state index is 0.541. The van der Waals surface area contributed by atoms with Gasteiger partial charge in [0.05, 0.1) is 5.69 Å². The maximum atomic E-state index is 4.99. The van der Waals surface area contributed by atoms with Crippen molar-refractivity contribution in [2.45, 2.75) is 51.1 Å². The molecule has 0 aromatic carbocycles. The van der Waals surface area contributed by atoms with Gasteiger partial charge in [-0.3, -0.25) is 0 Å². The van der Waals surface area contributed by atoms with E-state index in [9.17, 15) is 0 Å². The first-order chi connectivity index (χ1) is 10.2. The zero-order valence-electron chi connectivity index (χ0n) is 13.6. The maximum Gasteiger partial charge on any atom is 0.185 e. The normalized spacial score (nSPS) is 26.2. The molecule has 1 aliphatic carbocycles. The van der Waals surface area contributed by atoms with Gasteiger partial charge in [-0.25, -0.2) is 4.98 Å². The number of hydrogen-bond acceptors (Lipinski definition) is 5. The molecule has 1 fully saturated rings. The van der Waals surface area contributed by atoms with Crippen molar-refractivity contribution in [3.63, 3.8) is 0 Å². The van der Waals surface area contributed by atoms with Gasteiger partial charge in [0, 0.05) is 30.1 Å². The van der Waals surface area contributed by atoms with Gasteiger partial charge in [0.2, 0.25) is 0 Å². The Balaban J connectivity index is 1.77. The van der Waals surface area contributed by atoms with Crippen molar-refractivity contribution < 1.29 is 0 Å². The van der Waals surface area contributed by atoms with Crippen molar-refractivity contribution in [1.29, 1.82) is 0 Å². The van der Waals surface area contributed by atoms with Crippen LogP contribution in [0.2, 0.25) is 0 Å². The fourth-order valence-corrected chi connectivity index (χ4v) is 4.79. The zero-order chi connectivity index (χ0) is 14.8. The van der Waals surface area contributed by atoms with Crippen LogP contribution >= 0.6 is 11.3 Å². The Morgan fingerprint density at radius 2 is 2.19 bits per heavy atom. The summed E-state index contributed by atoms with van der Waals surface area (Å²) in [5.41, 5.74) is 1.36. The number of anilines is 1. The first kappa shape index (κ1) is 15.3. The molecule has 2 heterocycles. The van der Waals surface area contributed by atoms with E-state index in [0.29, 0.717) is 12.1 Å². The number of nitrogens with one attached hydrogen (secondary N) is 1. The summed E-state index contributed by atoms with van der Waals surface area (Å²) in [7, 11) is 4.39. The topological polar surface area (TPSA) is 31.4 Å². The fourth-order valence-electron chi connectivity index (χ4n) is 3.53. The van der Waals surface area contributed by atoms with Crippen LogP contribution in [0.15, 0.2) is 0 Å². The number of aromatic nitrogens is 1. The van der Waals surface area contributed by atoms with Crippen LogP contribution < -0.4 is 10.2 Å². The zero-order valence-corrected chi connectivity index (χ0v) is 14.4. The standard InChI is InChI=1S/C16H28N4S/c1-4-17-13-8-5-9-14-15(13)21-16(18-14)20-10-6-7-12(11-20)19(2)3/h12-13,17H,4-11H2,1-3H3. The first-order valence-electron chi connectivity index (χ1n) is 8.33. The lowest BCUT2D eigenvalue weighted by molar-refractivity contribution is 0.258. The van der Waals surface area contributed by atoms with Crippen LogP contribution in [0.25, 0.3) is 0 Å². The molecule has 21 heavy (non-hydrogen) atoms. The number of hydrogen-bond donors (Lipinski definition) is 1. The molecule has 118 valence electrons. The molecule has 2 unspecified atom stereocenters. The van der Waals surface area contributed by atoms with Crippen molar-refractivity contribution in [1.82, 2.24) is 15.2 Å². The number of fused-ring (bicyclic) bond motifs is 1. The van der Waals surface area contributed by atoms with E-state index in [1.165, 1.54) is 54.4 Å². The molecule has 4 nitrogen and oxygen atoms in total. The summed E-state index contributed by atoms with van der Waals surface area (Å²) in [6.07, 6.45) is 6.30. The Morgan fingerprint density at radius 1 is 1.33 bits per heavy atom. The number of rotatable bonds is 4. The average Bonchev–Trinajstić information content (AvgIpc) is 2.93. The van der Waals surface area contributed by atoms with E-state index < -0.39 is 0 Å². The van der Waals surface area contributed by atoms with Crippen molar-refractivity contribution in [2.75, 3.05) is 38.6 Å². The molecule has 1 aromatic rings. The molecule has 5 heteroatoms. The molecule has 0 amide bonds. The summed E-state index contributed by atoms with van der Waals surface area (Å²) in [6.45, 7) is 5.54. The van der Waals surface area contributed by atoms with E-state index in [0.717, 1.165) is 13.1 Å². The third-order valence-corrected chi connectivity index (χ3v) is 6.06. The summed E-state index contributed by atoms with van der Waals surface area (Å²) in [5, 5.41) is 4.89. The molecule has 3 rings (SSSR count). The molecule has 1 N–H and O–H groups in total. The molecular formula is C16H28N4S. The van der Waals surface area contributed by atoms with E-state index in [1.807, 2.05) is 11.3 Å². The van der Waals surface area contributed by atoms with Crippen LogP contribution in [0, 0.1) is 0 Å². The van der Waals surface area contributed by atoms with Crippen LogP contribution in [-0.4, -0.2) is 49.7 Å². The monoisotopic (exact) mass is 308 g/mol. The quantitative estimate of drug-likeness (QED) is 0.926. The van der Waals surface area contributed by atoms with Gasteiger partial charge in [-0.2, -0.15) is 0 Å². The summed E-state index contributed by atoms with van der Waals surface area (Å²) in [6, 6.07) is 1.21. The van der Waals surface area contributed by atoms with Gasteiger partial charge < -0.3 is 15.1 Å². The van der Waals surface area contributed by atoms with Gasteiger partial charge in [0.15, 0.2) is 5.13 Å². The van der Waals surface area contributed by atoms with Gasteiger partial charge in [-0.15, -0.1) is 0 Å². The Kier molecular flexibility index (Phi) is 4.82. The summed E-state index contributed by atoms with van der Waals surface area (Å²) >= 11 is 1.94. The first-order valence-corrected chi connectivity index (χ1v) is 9.15. The fraction of sp³-hybridized carbons (Fsp3) is 0.812. The van der Waals surface area contributed by atoms with Crippen LogP contribution in [-0.2, 0) is 6.42 Å². The van der Waals surface area contributed by atoms with E-state index in [2.05, 4.69) is 36.1 Å². The molecule has 2 atom stereocenters. The third kappa shape index (κ3) is 3.25. The van der Waals surface area contributed by atoms with Crippen LogP contribution in [0.1, 0.15) is 49.2 Å². The Morgan fingerprint density at radius 3 is 2.95 bits per heavy atom. The molecule has 0 bridgehead atoms. The minimum Gasteiger partial charge on any atom is -0.347 e. The SMILES string of the molecule is CCNC1CCCc2nc(N3CCCC(N(C)C)C3)sc21. The molecule has 1 aromatic heterocycles. The highest BCUT2D eigenvalue weighted by molar-refractivity contribution is 7.15. The Hall–Kier alpha value is -0.650. The van der Waals surface area contributed by atoms with E-state index in [-0.39, 0.29) is 0 Å². The van der Waals surface area contributed by atoms with Gasteiger partial charge in [0.1, 0.15) is 0 Å². The van der Waals surface area contributed by atoms with Crippen molar-refractivity contribution >= 4 is 16.5 Å². The molecule has 1 saturated heterocycles. The highest BCUT2D eigenvalue weighted by Crippen LogP contribution is 2.38. The van der Waals surface area contributed by atoms with Gasteiger partial charge in [-0.05, 0) is 52.7 Å².